The molecule has 8 heteroatoms. The minimum Gasteiger partial charge on any atom is -0.480 e. The lowest BCUT2D eigenvalue weighted by Gasteiger charge is -2.25. The predicted octanol–water partition coefficient (Wildman–Crippen LogP) is 1.91. The number of para-hydroxylation sites is 2. The van der Waals surface area contributed by atoms with Crippen molar-refractivity contribution in [3.8, 4) is 0 Å². The number of anilines is 1. The Bertz CT molecular complexity index is 611. The summed E-state index contributed by atoms with van der Waals surface area (Å²) in [5.74, 6) is -1.38. The minimum absolute atomic E-state index is 0.0427. The molecule has 1 amide bonds. The van der Waals surface area contributed by atoms with Crippen LogP contribution in [0.2, 0.25) is 0 Å². The van der Waals surface area contributed by atoms with Crippen molar-refractivity contribution in [3.63, 3.8) is 0 Å². The van der Waals surface area contributed by atoms with Crippen LogP contribution < -0.4 is 10.6 Å². The Hall–Kier alpha value is -2.64. The fourth-order valence-corrected chi connectivity index (χ4v) is 2.79. The summed E-state index contributed by atoms with van der Waals surface area (Å²) >= 11 is 0. The molecule has 0 atom stereocenters. The number of nitro groups is 1. The maximum atomic E-state index is 12.0. The van der Waals surface area contributed by atoms with Gasteiger partial charge in [0, 0.05) is 19.0 Å². The van der Waals surface area contributed by atoms with Crippen molar-refractivity contribution in [2.24, 2.45) is 0 Å². The Labute approximate surface area is 133 Å². The maximum absolute atomic E-state index is 12.0. The number of nitrogens with one attached hydrogen (secondary N) is 2. The molecule has 0 unspecified atom stereocenters. The largest absolute Gasteiger partial charge is 0.480 e. The summed E-state index contributed by atoms with van der Waals surface area (Å²) in [6.45, 7) is 0.187. The van der Waals surface area contributed by atoms with E-state index in [1.165, 1.54) is 6.07 Å². The second kappa shape index (κ2) is 7.08. The molecule has 2 rings (SSSR count). The van der Waals surface area contributed by atoms with Crippen molar-refractivity contribution in [1.29, 1.82) is 0 Å². The summed E-state index contributed by atoms with van der Waals surface area (Å²) in [6.07, 6.45) is 2.47. The van der Waals surface area contributed by atoms with Gasteiger partial charge in [-0.3, -0.25) is 14.9 Å². The molecule has 1 aliphatic carbocycles. The van der Waals surface area contributed by atoms with Crippen LogP contribution in [0.25, 0.3) is 0 Å². The van der Waals surface area contributed by atoms with E-state index in [0.29, 0.717) is 18.5 Å². The summed E-state index contributed by atoms with van der Waals surface area (Å²) in [4.78, 5) is 33.7. The number of nitro benzene ring substituents is 1. The molecule has 0 aromatic heterocycles. The highest BCUT2D eigenvalue weighted by molar-refractivity contribution is 5.87. The molecule has 23 heavy (non-hydrogen) atoms. The number of amides is 1. The molecule has 1 aromatic rings. The average molecular weight is 321 g/mol. The molecule has 1 fully saturated rings. The minimum atomic E-state index is -1.16. The molecule has 0 radical (unpaired) electrons. The summed E-state index contributed by atoms with van der Waals surface area (Å²) < 4.78 is 0. The zero-order valence-electron chi connectivity index (χ0n) is 12.6. The van der Waals surface area contributed by atoms with E-state index >= 15 is 0 Å². The van der Waals surface area contributed by atoms with Crippen LogP contribution in [0, 0.1) is 10.1 Å². The van der Waals surface area contributed by atoms with Gasteiger partial charge in [0.25, 0.3) is 5.69 Å². The summed E-state index contributed by atoms with van der Waals surface area (Å²) in [5, 5.41) is 25.6. The van der Waals surface area contributed by atoms with Crippen LogP contribution in [-0.4, -0.2) is 34.0 Å². The first kappa shape index (κ1) is 16.7. The Morgan fingerprint density at radius 3 is 2.52 bits per heavy atom. The third kappa shape index (κ3) is 3.97. The number of aliphatic carboxylic acids is 1. The number of carbonyl (C=O) groups excluding carboxylic acids is 1. The van der Waals surface area contributed by atoms with Crippen LogP contribution >= 0.6 is 0 Å². The zero-order chi connectivity index (χ0) is 16.9. The summed E-state index contributed by atoms with van der Waals surface area (Å²) in [7, 11) is 0. The molecule has 0 saturated heterocycles. The molecule has 124 valence electrons. The van der Waals surface area contributed by atoms with Crippen LogP contribution in [0.15, 0.2) is 24.3 Å². The van der Waals surface area contributed by atoms with Gasteiger partial charge in [-0.15, -0.1) is 0 Å². The maximum Gasteiger partial charge on any atom is 0.329 e. The molecular weight excluding hydrogens is 302 g/mol. The monoisotopic (exact) mass is 321 g/mol. The quantitative estimate of drug-likeness (QED) is 0.521. The van der Waals surface area contributed by atoms with Crippen LogP contribution in [-0.2, 0) is 9.59 Å². The van der Waals surface area contributed by atoms with Gasteiger partial charge in [-0.1, -0.05) is 25.0 Å². The van der Waals surface area contributed by atoms with E-state index < -0.39 is 16.4 Å². The van der Waals surface area contributed by atoms with Crippen LogP contribution in [0.1, 0.15) is 32.1 Å². The topological polar surface area (TPSA) is 122 Å². The third-order valence-corrected chi connectivity index (χ3v) is 4.01. The van der Waals surface area contributed by atoms with Gasteiger partial charge in [0.1, 0.15) is 11.2 Å². The zero-order valence-corrected chi connectivity index (χ0v) is 12.6. The van der Waals surface area contributed by atoms with E-state index in [2.05, 4.69) is 10.6 Å². The fraction of sp³-hybridized carbons (Fsp3) is 0.467. The van der Waals surface area contributed by atoms with Gasteiger partial charge in [-0.2, -0.15) is 0 Å². The van der Waals surface area contributed by atoms with E-state index in [-0.39, 0.29) is 24.6 Å². The molecular formula is C15H19N3O5. The first-order valence-corrected chi connectivity index (χ1v) is 7.46. The van der Waals surface area contributed by atoms with Gasteiger partial charge in [-0.25, -0.2) is 4.79 Å². The SMILES string of the molecule is O=C(CCNc1ccccc1[N+](=O)[O-])NC1(C(=O)O)CCCC1. The van der Waals surface area contributed by atoms with Crippen molar-refractivity contribution in [2.75, 3.05) is 11.9 Å². The third-order valence-electron chi connectivity index (χ3n) is 4.01. The number of hydrogen-bond acceptors (Lipinski definition) is 5. The molecule has 3 N–H and O–H groups in total. The van der Waals surface area contributed by atoms with E-state index in [9.17, 15) is 24.8 Å². The number of carboxylic acid groups (broad SMARTS) is 1. The smallest absolute Gasteiger partial charge is 0.329 e. The van der Waals surface area contributed by atoms with E-state index in [0.717, 1.165) is 12.8 Å². The Morgan fingerprint density at radius 1 is 1.26 bits per heavy atom. The molecule has 0 heterocycles. The van der Waals surface area contributed by atoms with Gasteiger partial charge in [0.15, 0.2) is 0 Å². The number of carboxylic acids is 1. The second-order valence-corrected chi connectivity index (χ2v) is 5.59. The number of rotatable bonds is 7. The van der Waals surface area contributed by atoms with Gasteiger partial charge in [0.2, 0.25) is 5.91 Å². The first-order valence-electron chi connectivity index (χ1n) is 7.46. The Kier molecular flexibility index (Phi) is 5.15. The average Bonchev–Trinajstić information content (AvgIpc) is 2.97. The van der Waals surface area contributed by atoms with Crippen molar-refractivity contribution in [1.82, 2.24) is 5.32 Å². The predicted molar refractivity (Wildman–Crippen MR) is 83.2 cm³/mol. The van der Waals surface area contributed by atoms with Gasteiger partial charge >= 0.3 is 5.97 Å². The van der Waals surface area contributed by atoms with E-state index in [4.69, 9.17) is 0 Å². The standard InChI is InChI=1S/C15H19N3O5/c19-13(17-15(14(20)21)8-3-4-9-15)7-10-16-11-5-1-2-6-12(11)18(22)23/h1-2,5-6,16H,3-4,7-10H2,(H,17,19)(H,20,21). The molecule has 0 spiro atoms. The van der Waals surface area contributed by atoms with Gasteiger partial charge in [0.05, 0.1) is 4.92 Å². The lowest BCUT2D eigenvalue weighted by atomic mass is 9.97. The summed E-state index contributed by atoms with van der Waals surface area (Å²) in [5.41, 5.74) is -0.889. The highest BCUT2D eigenvalue weighted by atomic mass is 16.6. The van der Waals surface area contributed by atoms with Crippen LogP contribution in [0.4, 0.5) is 11.4 Å². The van der Waals surface area contributed by atoms with Crippen LogP contribution in [0.5, 0.6) is 0 Å². The van der Waals surface area contributed by atoms with E-state index in [1.54, 1.807) is 18.2 Å². The van der Waals surface area contributed by atoms with Gasteiger partial charge in [-0.05, 0) is 18.9 Å². The van der Waals surface area contributed by atoms with Crippen molar-refractivity contribution in [2.45, 2.75) is 37.6 Å². The Balaban J connectivity index is 1.88. The molecule has 0 bridgehead atoms. The number of carbonyl (C=O) groups is 2. The lowest BCUT2D eigenvalue weighted by molar-refractivity contribution is -0.384. The number of hydrogen-bond donors (Lipinski definition) is 3. The number of nitrogens with zero attached hydrogens (tertiary/aromatic N) is 1. The van der Waals surface area contributed by atoms with Crippen molar-refractivity contribution in [3.05, 3.63) is 34.4 Å². The van der Waals surface area contributed by atoms with Crippen molar-refractivity contribution >= 4 is 23.3 Å². The molecule has 1 saturated carbocycles. The van der Waals surface area contributed by atoms with E-state index in [1.807, 2.05) is 0 Å². The first-order chi connectivity index (χ1) is 10.9. The van der Waals surface area contributed by atoms with Gasteiger partial charge < -0.3 is 15.7 Å². The number of benzene rings is 1. The van der Waals surface area contributed by atoms with Crippen molar-refractivity contribution < 1.29 is 19.6 Å². The molecule has 0 aliphatic heterocycles. The molecule has 1 aromatic carbocycles. The molecule has 8 nitrogen and oxygen atoms in total. The highest BCUT2D eigenvalue weighted by Gasteiger charge is 2.42. The highest BCUT2D eigenvalue weighted by Crippen LogP contribution is 2.30. The lowest BCUT2D eigenvalue weighted by Crippen LogP contribution is -2.52. The molecule has 1 aliphatic rings. The van der Waals surface area contributed by atoms with Crippen LogP contribution in [0.3, 0.4) is 0 Å². The Morgan fingerprint density at radius 2 is 1.91 bits per heavy atom. The normalized spacial score (nSPS) is 15.8. The fourth-order valence-electron chi connectivity index (χ4n) is 2.79. The second-order valence-electron chi connectivity index (χ2n) is 5.59. The summed E-state index contributed by atoms with van der Waals surface area (Å²) in [6, 6.07) is 6.16.